The number of carbonyl (C=O) groups is 2. The van der Waals surface area contributed by atoms with Gasteiger partial charge in [-0.2, -0.15) is 0 Å². The number of aryl methyl sites for hydroxylation is 2. The Morgan fingerprint density at radius 2 is 1.76 bits per heavy atom. The van der Waals surface area contributed by atoms with E-state index in [0.717, 1.165) is 28.0 Å². The number of halogens is 2. The highest BCUT2D eigenvalue weighted by Gasteiger charge is 2.48. The molecule has 2 heterocycles. The largest absolute Gasteiger partial charge is 0.507 e. The highest BCUT2D eigenvalue weighted by molar-refractivity contribution is 8.00. The number of benzene rings is 3. The quantitative estimate of drug-likeness (QED) is 0.0698. The molecule has 1 N–H and O–H groups in total. The molecule has 0 spiro atoms. The third kappa shape index (κ3) is 5.72. The van der Waals surface area contributed by atoms with E-state index in [-0.39, 0.29) is 16.5 Å². The number of rotatable bonds is 8. The summed E-state index contributed by atoms with van der Waals surface area (Å²) in [5.74, 6) is -0.548. The molecule has 1 unspecified atom stereocenters. The maximum absolute atomic E-state index is 13.6. The van der Waals surface area contributed by atoms with Crippen LogP contribution in [0.4, 0.5) is 5.13 Å². The standard InChI is InChI=1S/C30H25Cl2N3O5S2/c1-15-5-6-16(2)20(11-15)26(36)24-25(17-8-10-22(39-3)23(12-17)40-4)35(28(38)27(24)37)29-33-34-30(42-29)41-14-18-7-9-19(31)13-21(18)32/h5-13,25,36H,14H2,1-4H3/b26-24+. The minimum atomic E-state index is -0.999. The molecule has 1 fully saturated rings. The van der Waals surface area contributed by atoms with Crippen molar-refractivity contribution in [1.82, 2.24) is 10.2 Å². The second kappa shape index (κ2) is 12.3. The molecule has 0 saturated carbocycles. The Kier molecular flexibility index (Phi) is 8.79. The number of amides is 1. The second-order valence-electron chi connectivity index (χ2n) is 9.48. The van der Waals surface area contributed by atoms with Crippen molar-refractivity contribution in [2.75, 3.05) is 19.1 Å². The maximum atomic E-state index is 13.6. The summed E-state index contributed by atoms with van der Waals surface area (Å²) in [5, 5.41) is 21.4. The van der Waals surface area contributed by atoms with Gasteiger partial charge in [0.05, 0.1) is 25.8 Å². The Morgan fingerprint density at radius 3 is 2.48 bits per heavy atom. The van der Waals surface area contributed by atoms with Crippen LogP contribution >= 0.6 is 46.3 Å². The first kappa shape index (κ1) is 29.9. The van der Waals surface area contributed by atoms with Gasteiger partial charge in [0, 0.05) is 21.4 Å². The minimum absolute atomic E-state index is 0.0572. The fourth-order valence-electron chi connectivity index (χ4n) is 4.64. The summed E-state index contributed by atoms with van der Waals surface area (Å²) < 4.78 is 11.5. The van der Waals surface area contributed by atoms with Gasteiger partial charge in [0.15, 0.2) is 15.8 Å². The number of carbonyl (C=O) groups excluding carboxylic acids is 2. The molecule has 12 heteroatoms. The van der Waals surface area contributed by atoms with E-state index in [0.29, 0.717) is 42.8 Å². The number of ether oxygens (including phenoxy) is 2. The molecule has 3 aromatic carbocycles. The lowest BCUT2D eigenvalue weighted by Gasteiger charge is -2.23. The SMILES string of the molecule is COc1ccc(C2/C(=C(\O)c3cc(C)ccc3C)C(=O)C(=O)N2c2nnc(SCc3ccc(Cl)cc3Cl)s2)cc1OC. The van der Waals surface area contributed by atoms with Gasteiger partial charge in [-0.25, -0.2) is 0 Å². The zero-order chi connectivity index (χ0) is 30.1. The number of hydrogen-bond acceptors (Lipinski definition) is 9. The predicted molar refractivity (Wildman–Crippen MR) is 166 cm³/mol. The lowest BCUT2D eigenvalue weighted by Crippen LogP contribution is -2.29. The molecule has 1 aliphatic rings. The first-order valence-electron chi connectivity index (χ1n) is 12.6. The van der Waals surface area contributed by atoms with E-state index in [4.69, 9.17) is 32.7 Å². The van der Waals surface area contributed by atoms with Crippen LogP contribution in [0.15, 0.2) is 64.5 Å². The number of aliphatic hydroxyl groups excluding tert-OH is 1. The number of aromatic nitrogens is 2. The molecular formula is C30H25Cl2N3O5S2. The number of anilines is 1. The van der Waals surface area contributed by atoms with Crippen LogP contribution in [0.25, 0.3) is 5.76 Å². The van der Waals surface area contributed by atoms with Gasteiger partial charge >= 0.3 is 5.91 Å². The molecule has 8 nitrogen and oxygen atoms in total. The highest BCUT2D eigenvalue weighted by atomic mass is 35.5. The van der Waals surface area contributed by atoms with Gasteiger partial charge in [0.1, 0.15) is 5.76 Å². The first-order valence-corrected chi connectivity index (χ1v) is 15.2. The first-order chi connectivity index (χ1) is 20.1. The molecule has 216 valence electrons. The Balaban J connectivity index is 1.59. The Morgan fingerprint density at radius 1 is 1.00 bits per heavy atom. The van der Waals surface area contributed by atoms with Crippen molar-refractivity contribution in [3.05, 3.63) is 98.0 Å². The molecule has 0 radical (unpaired) electrons. The van der Waals surface area contributed by atoms with E-state index >= 15 is 0 Å². The predicted octanol–water partition coefficient (Wildman–Crippen LogP) is 7.40. The van der Waals surface area contributed by atoms with Crippen LogP contribution < -0.4 is 14.4 Å². The van der Waals surface area contributed by atoms with Gasteiger partial charge < -0.3 is 14.6 Å². The summed E-state index contributed by atoms with van der Waals surface area (Å²) in [7, 11) is 3.01. The monoisotopic (exact) mass is 641 g/mol. The van der Waals surface area contributed by atoms with Crippen molar-refractivity contribution in [3.8, 4) is 11.5 Å². The molecule has 1 aromatic heterocycles. The zero-order valence-electron chi connectivity index (χ0n) is 23.0. The topological polar surface area (TPSA) is 102 Å². The van der Waals surface area contributed by atoms with Crippen molar-refractivity contribution in [2.24, 2.45) is 0 Å². The normalized spacial score (nSPS) is 16.2. The van der Waals surface area contributed by atoms with Gasteiger partial charge in [-0.15, -0.1) is 10.2 Å². The number of thioether (sulfide) groups is 1. The van der Waals surface area contributed by atoms with E-state index in [2.05, 4.69) is 10.2 Å². The summed E-state index contributed by atoms with van der Waals surface area (Å²) in [6, 6.07) is 14.9. The van der Waals surface area contributed by atoms with E-state index < -0.39 is 17.7 Å². The summed E-state index contributed by atoms with van der Waals surface area (Å²) in [5.41, 5.74) is 3.44. The molecular weight excluding hydrogens is 617 g/mol. The number of nitrogens with zero attached hydrogens (tertiary/aromatic N) is 3. The average molecular weight is 643 g/mol. The molecule has 42 heavy (non-hydrogen) atoms. The third-order valence-corrected chi connectivity index (χ3v) is 9.48. The van der Waals surface area contributed by atoms with Crippen LogP contribution in [-0.4, -0.2) is 41.2 Å². The van der Waals surface area contributed by atoms with E-state index in [1.807, 2.05) is 32.0 Å². The molecule has 5 rings (SSSR count). The number of methoxy groups -OCH3 is 2. The van der Waals surface area contributed by atoms with Crippen LogP contribution in [0.5, 0.6) is 11.5 Å². The van der Waals surface area contributed by atoms with Crippen LogP contribution in [0.1, 0.15) is 33.9 Å². The van der Waals surface area contributed by atoms with Crippen molar-refractivity contribution >= 4 is 68.9 Å². The van der Waals surface area contributed by atoms with Crippen LogP contribution in [0, 0.1) is 13.8 Å². The van der Waals surface area contributed by atoms with Gasteiger partial charge in [-0.3, -0.25) is 14.5 Å². The van der Waals surface area contributed by atoms with Crippen molar-refractivity contribution in [1.29, 1.82) is 0 Å². The van der Waals surface area contributed by atoms with Gasteiger partial charge in [-0.1, -0.05) is 76.1 Å². The maximum Gasteiger partial charge on any atom is 0.301 e. The van der Waals surface area contributed by atoms with E-state index in [9.17, 15) is 14.7 Å². The number of hydrogen-bond donors (Lipinski definition) is 1. The Bertz CT molecular complexity index is 1740. The van der Waals surface area contributed by atoms with Gasteiger partial charge in [-0.05, 0) is 60.9 Å². The zero-order valence-corrected chi connectivity index (χ0v) is 26.1. The molecule has 4 aromatic rings. The molecule has 1 aliphatic heterocycles. The fraction of sp³-hybridized carbons (Fsp3) is 0.200. The molecule has 0 bridgehead atoms. The smallest absolute Gasteiger partial charge is 0.301 e. The van der Waals surface area contributed by atoms with Crippen molar-refractivity contribution < 1.29 is 24.2 Å². The van der Waals surface area contributed by atoms with E-state index in [1.54, 1.807) is 36.4 Å². The number of aliphatic hydroxyl groups is 1. The summed E-state index contributed by atoms with van der Waals surface area (Å²) in [4.78, 5) is 28.5. The van der Waals surface area contributed by atoms with Crippen LogP contribution in [-0.2, 0) is 15.3 Å². The van der Waals surface area contributed by atoms with Crippen molar-refractivity contribution in [3.63, 3.8) is 0 Å². The third-order valence-electron chi connectivity index (χ3n) is 6.78. The summed E-state index contributed by atoms with van der Waals surface area (Å²) in [6.45, 7) is 3.72. The lowest BCUT2D eigenvalue weighted by atomic mass is 9.93. The van der Waals surface area contributed by atoms with Gasteiger partial charge in [0.2, 0.25) is 5.13 Å². The summed E-state index contributed by atoms with van der Waals surface area (Å²) in [6.07, 6.45) is 0. The van der Waals surface area contributed by atoms with Crippen molar-refractivity contribution in [2.45, 2.75) is 30.0 Å². The summed E-state index contributed by atoms with van der Waals surface area (Å²) >= 11 is 14.9. The molecule has 1 atom stereocenters. The van der Waals surface area contributed by atoms with Crippen LogP contribution in [0.2, 0.25) is 10.0 Å². The van der Waals surface area contributed by atoms with Crippen LogP contribution in [0.3, 0.4) is 0 Å². The Hall–Kier alpha value is -3.57. The van der Waals surface area contributed by atoms with Gasteiger partial charge in [0.25, 0.3) is 5.78 Å². The number of Topliss-reactive ketones (excluding diaryl/α,β-unsaturated/α-hetero) is 1. The molecule has 0 aliphatic carbocycles. The fourth-order valence-corrected chi connectivity index (χ4v) is 7.07. The molecule has 1 saturated heterocycles. The molecule has 1 amide bonds. The minimum Gasteiger partial charge on any atom is -0.507 e. The number of ketones is 1. The highest BCUT2D eigenvalue weighted by Crippen LogP contribution is 2.46. The lowest BCUT2D eigenvalue weighted by molar-refractivity contribution is -0.132. The average Bonchev–Trinajstić information content (AvgIpc) is 3.54. The Labute approximate surface area is 260 Å². The second-order valence-corrected chi connectivity index (χ2v) is 12.5. The van der Waals surface area contributed by atoms with E-state index in [1.165, 1.54) is 30.9 Å².